The van der Waals surface area contributed by atoms with E-state index in [-0.39, 0.29) is 49.1 Å². The Bertz CT molecular complexity index is 763. The van der Waals surface area contributed by atoms with Gasteiger partial charge >= 0.3 is 5.97 Å². The van der Waals surface area contributed by atoms with Crippen molar-refractivity contribution in [1.29, 1.82) is 0 Å². The maximum absolute atomic E-state index is 12.3. The van der Waals surface area contributed by atoms with Gasteiger partial charge in [-0.1, -0.05) is 32.9 Å². The molecule has 0 heterocycles. The molecule has 33 heavy (non-hydrogen) atoms. The number of ether oxygens (including phenoxy) is 3. The first-order chi connectivity index (χ1) is 15.7. The molecule has 0 aliphatic carbocycles. The van der Waals surface area contributed by atoms with E-state index in [1.165, 1.54) is 0 Å². The van der Waals surface area contributed by atoms with Crippen molar-refractivity contribution < 1.29 is 33.4 Å². The molecule has 0 spiro atoms. The number of nitrogens with one attached hydrogen (secondary N) is 2. The van der Waals surface area contributed by atoms with Crippen molar-refractivity contribution in [2.45, 2.75) is 59.6 Å². The molecule has 0 aliphatic rings. The van der Waals surface area contributed by atoms with E-state index in [2.05, 4.69) is 10.6 Å². The molecule has 9 heteroatoms. The van der Waals surface area contributed by atoms with E-state index in [0.717, 1.165) is 5.56 Å². The predicted molar refractivity (Wildman–Crippen MR) is 123 cm³/mol. The molecule has 2 amide bonds. The summed E-state index contributed by atoms with van der Waals surface area (Å²) in [5, 5.41) is 5.36. The minimum Gasteiger partial charge on any atom is -0.461 e. The molecule has 1 aromatic rings. The number of hydrogen-bond donors (Lipinski definition) is 2. The van der Waals surface area contributed by atoms with Crippen LogP contribution in [0.1, 0.15) is 52.5 Å². The lowest BCUT2D eigenvalue weighted by atomic mass is 10.2. The molecule has 1 aromatic carbocycles. The number of carbonyl (C=O) groups is 4. The standard InChI is InChI=1S/C24H36N2O7/c1-5-21(27)10-12-31-14-15-32-13-11-22(28)25-18(4)23(29)26-20-8-6-19(7-9-20)16-33-24(30)17(2)3/h6-9,17-18H,5,10-16H2,1-4H3,(H,25,28)(H,26,29)/t18-/m0/s1. The lowest BCUT2D eigenvalue weighted by Gasteiger charge is -2.14. The Balaban J connectivity index is 2.22. The Morgan fingerprint density at radius 1 is 0.879 bits per heavy atom. The van der Waals surface area contributed by atoms with Gasteiger partial charge in [0, 0.05) is 24.9 Å². The monoisotopic (exact) mass is 464 g/mol. The van der Waals surface area contributed by atoms with Crippen LogP contribution >= 0.6 is 0 Å². The van der Waals surface area contributed by atoms with Gasteiger partial charge in [0.05, 0.1) is 32.3 Å². The molecule has 0 aromatic heterocycles. The Labute approximate surface area is 195 Å². The van der Waals surface area contributed by atoms with Crippen molar-refractivity contribution in [1.82, 2.24) is 5.32 Å². The molecule has 0 bridgehead atoms. The van der Waals surface area contributed by atoms with Gasteiger partial charge in [-0.25, -0.2) is 0 Å². The molecule has 0 radical (unpaired) electrons. The lowest BCUT2D eigenvalue weighted by molar-refractivity contribution is -0.148. The topological polar surface area (TPSA) is 120 Å². The largest absolute Gasteiger partial charge is 0.461 e. The summed E-state index contributed by atoms with van der Waals surface area (Å²) in [7, 11) is 0. The van der Waals surface area contributed by atoms with Crippen LogP contribution in [0.15, 0.2) is 24.3 Å². The highest BCUT2D eigenvalue weighted by molar-refractivity contribution is 5.96. The molecule has 1 rings (SSSR count). The maximum atomic E-state index is 12.3. The maximum Gasteiger partial charge on any atom is 0.308 e. The van der Waals surface area contributed by atoms with Crippen LogP contribution in [-0.4, -0.2) is 56.0 Å². The molecule has 184 valence electrons. The van der Waals surface area contributed by atoms with Crippen molar-refractivity contribution in [2.75, 3.05) is 31.7 Å². The van der Waals surface area contributed by atoms with E-state index < -0.39 is 6.04 Å². The zero-order valence-corrected chi connectivity index (χ0v) is 20.0. The van der Waals surface area contributed by atoms with Crippen LogP contribution < -0.4 is 10.6 Å². The molecule has 0 saturated carbocycles. The number of benzene rings is 1. The summed E-state index contributed by atoms with van der Waals surface area (Å²) in [6, 6.07) is 6.21. The first kappa shape index (κ1) is 28.3. The highest BCUT2D eigenvalue weighted by Gasteiger charge is 2.16. The number of carbonyl (C=O) groups excluding carboxylic acids is 4. The first-order valence-electron chi connectivity index (χ1n) is 11.3. The third-order valence-corrected chi connectivity index (χ3v) is 4.61. The van der Waals surface area contributed by atoms with Gasteiger partial charge in [0.25, 0.3) is 0 Å². The van der Waals surface area contributed by atoms with E-state index in [1.54, 1.807) is 45.0 Å². The van der Waals surface area contributed by atoms with Crippen LogP contribution in [0.5, 0.6) is 0 Å². The Morgan fingerprint density at radius 3 is 2.06 bits per heavy atom. The molecular weight excluding hydrogens is 428 g/mol. The summed E-state index contributed by atoms with van der Waals surface area (Å²) in [6.07, 6.45) is 1.03. The summed E-state index contributed by atoms with van der Waals surface area (Å²) < 4.78 is 15.8. The molecule has 0 aliphatic heterocycles. The first-order valence-corrected chi connectivity index (χ1v) is 11.3. The molecule has 2 N–H and O–H groups in total. The van der Waals surface area contributed by atoms with Crippen molar-refractivity contribution in [3.8, 4) is 0 Å². The van der Waals surface area contributed by atoms with Crippen molar-refractivity contribution in [3.63, 3.8) is 0 Å². The number of hydrogen-bond acceptors (Lipinski definition) is 7. The molecule has 9 nitrogen and oxygen atoms in total. The van der Waals surface area contributed by atoms with E-state index in [4.69, 9.17) is 14.2 Å². The Kier molecular flexibility index (Phi) is 13.6. The zero-order valence-electron chi connectivity index (χ0n) is 20.0. The Hall–Kier alpha value is -2.78. The van der Waals surface area contributed by atoms with Crippen molar-refractivity contribution in [2.24, 2.45) is 5.92 Å². The van der Waals surface area contributed by atoms with Crippen LogP contribution in [0.2, 0.25) is 0 Å². The van der Waals surface area contributed by atoms with Gasteiger partial charge in [-0.2, -0.15) is 0 Å². The van der Waals surface area contributed by atoms with E-state index in [1.807, 2.05) is 6.92 Å². The average Bonchev–Trinajstić information content (AvgIpc) is 2.79. The third-order valence-electron chi connectivity index (χ3n) is 4.61. The smallest absolute Gasteiger partial charge is 0.308 e. The summed E-state index contributed by atoms with van der Waals surface area (Å²) in [4.78, 5) is 47.0. The van der Waals surface area contributed by atoms with Gasteiger partial charge in [0.1, 0.15) is 18.4 Å². The minimum absolute atomic E-state index is 0.121. The van der Waals surface area contributed by atoms with E-state index in [0.29, 0.717) is 38.3 Å². The lowest BCUT2D eigenvalue weighted by Crippen LogP contribution is -2.41. The van der Waals surface area contributed by atoms with Crippen LogP contribution in [0, 0.1) is 5.92 Å². The third kappa shape index (κ3) is 12.7. The fourth-order valence-electron chi connectivity index (χ4n) is 2.48. The van der Waals surface area contributed by atoms with Crippen molar-refractivity contribution in [3.05, 3.63) is 29.8 Å². The number of amides is 2. The molecule has 0 fully saturated rings. The molecular formula is C24H36N2O7. The summed E-state index contributed by atoms with van der Waals surface area (Å²) in [5.41, 5.74) is 1.38. The van der Waals surface area contributed by atoms with E-state index >= 15 is 0 Å². The minimum atomic E-state index is -0.719. The van der Waals surface area contributed by atoms with E-state index in [9.17, 15) is 19.2 Å². The van der Waals surface area contributed by atoms with Gasteiger partial charge in [-0.15, -0.1) is 0 Å². The SMILES string of the molecule is CCC(=O)CCOCCOCCC(=O)N[C@@H](C)C(=O)Nc1ccc(COC(=O)C(C)C)cc1. The fraction of sp³-hybridized carbons (Fsp3) is 0.583. The second-order valence-electron chi connectivity index (χ2n) is 7.85. The summed E-state index contributed by atoms with van der Waals surface area (Å²) >= 11 is 0. The van der Waals surface area contributed by atoms with Crippen LogP contribution in [0.4, 0.5) is 5.69 Å². The highest BCUT2D eigenvalue weighted by atomic mass is 16.5. The fourth-order valence-corrected chi connectivity index (χ4v) is 2.48. The molecule has 0 saturated heterocycles. The number of anilines is 1. The number of Topliss-reactive ketones (excluding diaryl/α,β-unsaturated/α-hetero) is 1. The highest BCUT2D eigenvalue weighted by Crippen LogP contribution is 2.12. The number of rotatable bonds is 16. The predicted octanol–water partition coefficient (Wildman–Crippen LogP) is 2.62. The summed E-state index contributed by atoms with van der Waals surface area (Å²) in [5.74, 6) is -0.940. The second kappa shape index (κ2) is 15.9. The molecule has 0 unspecified atom stereocenters. The zero-order chi connectivity index (χ0) is 24.6. The number of esters is 1. The second-order valence-corrected chi connectivity index (χ2v) is 7.85. The molecule has 1 atom stereocenters. The average molecular weight is 465 g/mol. The van der Waals surface area contributed by atoms with Gasteiger partial charge < -0.3 is 24.8 Å². The van der Waals surface area contributed by atoms with Crippen LogP contribution in [-0.2, 0) is 40.0 Å². The van der Waals surface area contributed by atoms with Crippen LogP contribution in [0.25, 0.3) is 0 Å². The van der Waals surface area contributed by atoms with Gasteiger partial charge in [-0.05, 0) is 24.6 Å². The van der Waals surface area contributed by atoms with Gasteiger partial charge in [-0.3, -0.25) is 19.2 Å². The van der Waals surface area contributed by atoms with Crippen molar-refractivity contribution >= 4 is 29.3 Å². The van der Waals surface area contributed by atoms with Gasteiger partial charge in [0.2, 0.25) is 11.8 Å². The summed E-state index contributed by atoms with van der Waals surface area (Å²) in [6.45, 7) is 8.39. The van der Waals surface area contributed by atoms with Gasteiger partial charge in [0.15, 0.2) is 0 Å². The number of ketones is 1. The normalized spacial score (nSPS) is 11.7. The Morgan fingerprint density at radius 2 is 1.48 bits per heavy atom. The quantitative estimate of drug-likeness (QED) is 0.285. The van der Waals surface area contributed by atoms with Crippen LogP contribution in [0.3, 0.4) is 0 Å².